The Balaban J connectivity index is 2.08. The lowest BCUT2D eigenvalue weighted by Crippen LogP contribution is -2.48. The van der Waals surface area contributed by atoms with E-state index >= 15 is 0 Å². The van der Waals surface area contributed by atoms with Gasteiger partial charge in [-0.25, -0.2) is 8.78 Å². The van der Waals surface area contributed by atoms with Crippen LogP contribution in [0.4, 0.5) is 8.78 Å². The van der Waals surface area contributed by atoms with Crippen molar-refractivity contribution in [3.05, 3.63) is 29.8 Å². The van der Waals surface area contributed by atoms with Gasteiger partial charge in [0.1, 0.15) is 17.2 Å². The maximum absolute atomic E-state index is 13.6. The number of hydrogen-bond donors (Lipinski definition) is 1. The molecule has 1 aromatic rings. The summed E-state index contributed by atoms with van der Waals surface area (Å²) in [5.41, 5.74) is -0.626. The summed E-state index contributed by atoms with van der Waals surface area (Å²) in [6.45, 7) is 2.80. The Hall–Kier alpha value is -1.12. The zero-order valence-corrected chi connectivity index (χ0v) is 12.3. The van der Waals surface area contributed by atoms with Gasteiger partial charge in [0.05, 0.1) is 6.07 Å². The number of nitrogens with zero attached hydrogens (tertiary/aromatic N) is 1. The molecule has 1 atom stereocenters. The first-order valence-corrected chi connectivity index (χ1v) is 7.84. The third-order valence-electron chi connectivity index (χ3n) is 3.51. The predicted molar refractivity (Wildman–Crippen MR) is 76.4 cm³/mol. The van der Waals surface area contributed by atoms with Crippen molar-refractivity contribution in [2.75, 3.05) is 12.3 Å². The van der Waals surface area contributed by atoms with Gasteiger partial charge >= 0.3 is 0 Å². The minimum absolute atomic E-state index is 0.267. The standard InChI is InChI=1S/C15H18F2N2S/c1-2-7-19-15(9-18,11-3-4-11)10-20-14-8-12(16)5-6-13(14)17/h5-6,8,11,19H,2-4,7,10H2,1H3. The van der Waals surface area contributed by atoms with Crippen LogP contribution in [0.2, 0.25) is 0 Å². The summed E-state index contributed by atoms with van der Waals surface area (Å²) in [5.74, 6) is -0.128. The summed E-state index contributed by atoms with van der Waals surface area (Å²) >= 11 is 1.21. The molecule has 2 nitrogen and oxygen atoms in total. The molecule has 1 aromatic carbocycles. The SMILES string of the molecule is CCCNC(C#N)(CSc1cc(F)ccc1F)C1CC1. The molecule has 0 spiro atoms. The molecule has 20 heavy (non-hydrogen) atoms. The van der Waals surface area contributed by atoms with Crippen molar-refractivity contribution in [2.45, 2.75) is 36.6 Å². The molecule has 2 rings (SSSR count). The molecule has 0 amide bonds. The molecule has 1 aliphatic carbocycles. The summed E-state index contributed by atoms with van der Waals surface area (Å²) in [4.78, 5) is 0.267. The van der Waals surface area contributed by atoms with E-state index < -0.39 is 17.2 Å². The van der Waals surface area contributed by atoms with E-state index in [1.165, 1.54) is 17.8 Å². The van der Waals surface area contributed by atoms with Crippen LogP contribution in [0.3, 0.4) is 0 Å². The van der Waals surface area contributed by atoms with E-state index in [0.29, 0.717) is 11.7 Å². The summed E-state index contributed by atoms with van der Waals surface area (Å²) in [5, 5.41) is 12.8. The monoisotopic (exact) mass is 296 g/mol. The smallest absolute Gasteiger partial charge is 0.136 e. The van der Waals surface area contributed by atoms with Crippen LogP contribution in [-0.2, 0) is 0 Å². The minimum atomic E-state index is -0.626. The molecule has 0 aromatic heterocycles. The number of nitrogens with one attached hydrogen (secondary N) is 1. The average molecular weight is 296 g/mol. The third kappa shape index (κ3) is 3.50. The first kappa shape index (κ1) is 15.3. The fourth-order valence-corrected chi connectivity index (χ4v) is 3.37. The van der Waals surface area contributed by atoms with Gasteiger partial charge in [0.25, 0.3) is 0 Å². The Kier molecular flexibility index (Phi) is 5.00. The number of halogens is 2. The van der Waals surface area contributed by atoms with E-state index in [1.54, 1.807) is 0 Å². The Morgan fingerprint density at radius 2 is 2.20 bits per heavy atom. The van der Waals surface area contributed by atoms with Crippen LogP contribution < -0.4 is 5.32 Å². The van der Waals surface area contributed by atoms with E-state index in [9.17, 15) is 14.0 Å². The topological polar surface area (TPSA) is 35.8 Å². The van der Waals surface area contributed by atoms with E-state index in [1.807, 2.05) is 6.92 Å². The van der Waals surface area contributed by atoms with Gasteiger partial charge in [0.2, 0.25) is 0 Å². The van der Waals surface area contributed by atoms with Crippen LogP contribution in [0.25, 0.3) is 0 Å². The Bertz CT molecular complexity index is 511. The van der Waals surface area contributed by atoms with E-state index in [4.69, 9.17) is 0 Å². The molecule has 0 saturated heterocycles. The Labute approximate surface area is 122 Å². The fourth-order valence-electron chi connectivity index (χ4n) is 2.18. The molecule has 1 saturated carbocycles. The van der Waals surface area contributed by atoms with Gasteiger partial charge in [-0.15, -0.1) is 11.8 Å². The van der Waals surface area contributed by atoms with Crippen molar-refractivity contribution >= 4 is 11.8 Å². The lowest BCUT2D eigenvalue weighted by molar-refractivity contribution is 0.405. The second-order valence-corrected chi connectivity index (χ2v) is 6.16. The van der Waals surface area contributed by atoms with Crippen molar-refractivity contribution in [1.82, 2.24) is 5.32 Å². The van der Waals surface area contributed by atoms with Gasteiger partial charge < -0.3 is 0 Å². The Morgan fingerprint density at radius 3 is 2.80 bits per heavy atom. The molecule has 1 fully saturated rings. The lowest BCUT2D eigenvalue weighted by atomic mass is 9.97. The molecule has 108 valence electrons. The van der Waals surface area contributed by atoms with Crippen molar-refractivity contribution < 1.29 is 8.78 Å². The van der Waals surface area contributed by atoms with E-state index in [0.717, 1.165) is 37.9 Å². The molecule has 0 heterocycles. The van der Waals surface area contributed by atoms with Gasteiger partial charge in [0, 0.05) is 10.6 Å². The second kappa shape index (κ2) is 6.55. The molecular weight excluding hydrogens is 278 g/mol. The van der Waals surface area contributed by atoms with Crippen LogP contribution in [0, 0.1) is 28.9 Å². The highest BCUT2D eigenvalue weighted by Gasteiger charge is 2.45. The number of hydrogen-bond acceptors (Lipinski definition) is 3. The van der Waals surface area contributed by atoms with Crippen LogP contribution in [0.1, 0.15) is 26.2 Å². The molecule has 0 bridgehead atoms. The highest BCUT2D eigenvalue weighted by Crippen LogP contribution is 2.42. The molecule has 1 N–H and O–H groups in total. The maximum atomic E-state index is 13.6. The second-order valence-electron chi connectivity index (χ2n) is 5.15. The summed E-state index contributed by atoms with van der Waals surface area (Å²) < 4.78 is 26.8. The fraction of sp³-hybridized carbons (Fsp3) is 0.533. The highest BCUT2D eigenvalue weighted by atomic mass is 32.2. The van der Waals surface area contributed by atoms with Gasteiger partial charge in [0.15, 0.2) is 0 Å². The summed E-state index contributed by atoms with van der Waals surface area (Å²) in [6, 6.07) is 5.79. The first-order chi connectivity index (χ1) is 9.61. The van der Waals surface area contributed by atoms with E-state index in [2.05, 4.69) is 11.4 Å². The quantitative estimate of drug-likeness (QED) is 0.779. The molecule has 1 unspecified atom stereocenters. The first-order valence-electron chi connectivity index (χ1n) is 6.85. The normalized spacial score (nSPS) is 17.5. The highest BCUT2D eigenvalue weighted by molar-refractivity contribution is 7.99. The lowest BCUT2D eigenvalue weighted by Gasteiger charge is -2.27. The van der Waals surface area contributed by atoms with Gasteiger partial charge in [-0.1, -0.05) is 6.92 Å². The van der Waals surface area contributed by atoms with Crippen LogP contribution in [0.15, 0.2) is 23.1 Å². The largest absolute Gasteiger partial charge is 0.298 e. The van der Waals surface area contributed by atoms with Gasteiger partial charge in [-0.2, -0.15) is 5.26 Å². The zero-order chi connectivity index (χ0) is 14.6. The Morgan fingerprint density at radius 1 is 1.45 bits per heavy atom. The van der Waals surface area contributed by atoms with Crippen LogP contribution >= 0.6 is 11.8 Å². The van der Waals surface area contributed by atoms with Gasteiger partial charge in [-0.05, 0) is 49.9 Å². The third-order valence-corrected chi connectivity index (χ3v) is 4.74. The van der Waals surface area contributed by atoms with Crippen LogP contribution in [-0.4, -0.2) is 17.8 Å². The van der Waals surface area contributed by atoms with Crippen molar-refractivity contribution in [3.8, 4) is 6.07 Å². The van der Waals surface area contributed by atoms with Gasteiger partial charge in [-0.3, -0.25) is 5.32 Å². The number of thioether (sulfide) groups is 1. The molecular formula is C15H18F2N2S. The number of benzene rings is 1. The molecule has 5 heteroatoms. The maximum Gasteiger partial charge on any atom is 0.136 e. The van der Waals surface area contributed by atoms with E-state index in [-0.39, 0.29) is 4.90 Å². The zero-order valence-electron chi connectivity index (χ0n) is 11.5. The molecule has 1 aliphatic rings. The average Bonchev–Trinajstić information content (AvgIpc) is 3.28. The minimum Gasteiger partial charge on any atom is -0.298 e. The molecule has 0 aliphatic heterocycles. The number of nitriles is 1. The summed E-state index contributed by atoms with van der Waals surface area (Å²) in [6.07, 6.45) is 2.99. The predicted octanol–water partition coefficient (Wildman–Crippen LogP) is 3.73. The summed E-state index contributed by atoms with van der Waals surface area (Å²) in [7, 11) is 0. The van der Waals surface area contributed by atoms with Crippen molar-refractivity contribution in [3.63, 3.8) is 0 Å². The van der Waals surface area contributed by atoms with Crippen molar-refractivity contribution in [1.29, 1.82) is 5.26 Å². The van der Waals surface area contributed by atoms with Crippen LogP contribution in [0.5, 0.6) is 0 Å². The number of rotatable bonds is 7. The molecule has 0 radical (unpaired) electrons. The van der Waals surface area contributed by atoms with Crippen molar-refractivity contribution in [2.24, 2.45) is 5.92 Å².